The van der Waals surface area contributed by atoms with Crippen LogP contribution in [0.3, 0.4) is 0 Å². The molecule has 0 aromatic heterocycles. The van der Waals surface area contributed by atoms with Gasteiger partial charge in [-0.05, 0) is 19.1 Å². The number of nitrogens with zero attached hydrogens (tertiary/aromatic N) is 1. The van der Waals surface area contributed by atoms with E-state index < -0.39 is 0 Å². The van der Waals surface area contributed by atoms with Crippen LogP contribution in [-0.4, -0.2) is 24.0 Å². The van der Waals surface area contributed by atoms with Crippen molar-refractivity contribution in [1.82, 2.24) is 5.43 Å². The third kappa shape index (κ3) is 3.74. The van der Waals surface area contributed by atoms with Crippen LogP contribution in [0.25, 0.3) is 0 Å². The summed E-state index contributed by atoms with van der Waals surface area (Å²) in [5.74, 6) is -0.00990. The number of hydrogen-bond donors (Lipinski definition) is 1. The highest BCUT2D eigenvalue weighted by atomic mass is 35.5. The van der Waals surface area contributed by atoms with E-state index in [0.717, 1.165) is 0 Å². The van der Waals surface area contributed by atoms with E-state index in [1.807, 2.05) is 6.92 Å². The van der Waals surface area contributed by atoms with E-state index in [2.05, 4.69) is 10.5 Å². The third-order valence-electron chi connectivity index (χ3n) is 2.97. The van der Waals surface area contributed by atoms with Gasteiger partial charge in [0.15, 0.2) is 11.5 Å². The molecule has 0 radical (unpaired) electrons. The molecule has 0 aliphatic carbocycles. The van der Waals surface area contributed by atoms with Crippen molar-refractivity contribution in [2.24, 2.45) is 11.0 Å². The number of benzene rings is 1. The van der Waals surface area contributed by atoms with Gasteiger partial charge >= 0.3 is 0 Å². The lowest BCUT2D eigenvalue weighted by atomic mass is 9.94. The minimum absolute atomic E-state index is 0.0325. The molecule has 1 amide bonds. The number of ether oxygens (including phenoxy) is 1. The number of rotatable bonds is 4. The predicted molar refractivity (Wildman–Crippen MR) is 81.1 cm³/mol. The monoisotopic (exact) mass is 328 g/mol. The number of carbonyl (C=O) groups excluding carboxylic acids is 2. The molecule has 0 bridgehead atoms. The Hall–Kier alpha value is -1.59. The van der Waals surface area contributed by atoms with Crippen molar-refractivity contribution in [2.45, 2.75) is 20.3 Å². The molecule has 112 valence electrons. The molecule has 1 aliphatic rings. The van der Waals surface area contributed by atoms with Gasteiger partial charge in [-0.3, -0.25) is 9.59 Å². The van der Waals surface area contributed by atoms with Crippen LogP contribution in [0, 0.1) is 5.92 Å². The van der Waals surface area contributed by atoms with Gasteiger partial charge in [0.2, 0.25) is 5.91 Å². The maximum atomic E-state index is 11.3. The van der Waals surface area contributed by atoms with Gasteiger partial charge in [0, 0.05) is 17.9 Å². The van der Waals surface area contributed by atoms with Gasteiger partial charge in [-0.2, -0.15) is 5.10 Å². The number of nitrogens with one attached hydrogen (secondary N) is 1. The summed E-state index contributed by atoms with van der Waals surface area (Å²) in [5, 5.41) is 4.65. The molecule has 1 aromatic rings. The Morgan fingerprint density at radius 1 is 1.43 bits per heavy atom. The molecule has 1 aromatic carbocycles. The highest BCUT2D eigenvalue weighted by Gasteiger charge is 2.23. The van der Waals surface area contributed by atoms with Gasteiger partial charge in [0.1, 0.15) is 6.61 Å². The Balaban J connectivity index is 2.31. The molecule has 0 fully saturated rings. The number of hydrogen-bond acceptors (Lipinski definition) is 4. The average Bonchev–Trinajstić information content (AvgIpc) is 2.37. The minimum Gasteiger partial charge on any atom is -0.483 e. The minimum atomic E-state index is -0.126. The first-order valence-corrected chi connectivity index (χ1v) is 7.12. The van der Waals surface area contributed by atoms with E-state index in [0.29, 0.717) is 27.7 Å². The van der Waals surface area contributed by atoms with Crippen LogP contribution in [-0.2, 0) is 9.59 Å². The van der Waals surface area contributed by atoms with Crippen molar-refractivity contribution in [3.8, 4) is 5.75 Å². The van der Waals surface area contributed by atoms with Crippen molar-refractivity contribution in [3.05, 3.63) is 27.7 Å². The fourth-order valence-corrected chi connectivity index (χ4v) is 2.62. The second-order valence-electron chi connectivity index (χ2n) is 4.90. The smallest absolute Gasteiger partial charge is 0.240 e. The number of carbonyl (C=O) groups is 2. The molecular formula is C14H14Cl2N2O3. The molecule has 1 aliphatic heterocycles. The number of hydrazone groups is 1. The molecule has 7 heteroatoms. The van der Waals surface area contributed by atoms with E-state index >= 15 is 0 Å². The average molecular weight is 329 g/mol. The lowest BCUT2D eigenvalue weighted by molar-refractivity contribution is -0.122. The normalized spacial score (nSPS) is 18.0. The SMILES string of the molecule is CC(=O)COc1c(Cl)cc(C2=NNC(=O)CC2C)cc1Cl. The molecule has 0 saturated heterocycles. The van der Waals surface area contributed by atoms with Crippen molar-refractivity contribution in [1.29, 1.82) is 0 Å². The van der Waals surface area contributed by atoms with Crippen LogP contribution in [0.5, 0.6) is 5.75 Å². The summed E-state index contributed by atoms with van der Waals surface area (Å²) in [4.78, 5) is 22.2. The lowest BCUT2D eigenvalue weighted by Crippen LogP contribution is -2.31. The van der Waals surface area contributed by atoms with Crippen LogP contribution in [0.4, 0.5) is 0 Å². The summed E-state index contributed by atoms with van der Waals surface area (Å²) in [6.07, 6.45) is 0.358. The van der Waals surface area contributed by atoms with Crippen molar-refractivity contribution < 1.29 is 14.3 Å². The maximum Gasteiger partial charge on any atom is 0.240 e. The van der Waals surface area contributed by atoms with Crippen LogP contribution < -0.4 is 10.2 Å². The van der Waals surface area contributed by atoms with Gasteiger partial charge in [-0.25, -0.2) is 5.43 Å². The Morgan fingerprint density at radius 2 is 2.05 bits per heavy atom. The fourth-order valence-electron chi connectivity index (χ4n) is 2.02. The number of amides is 1. The second-order valence-corrected chi connectivity index (χ2v) is 5.71. The van der Waals surface area contributed by atoms with E-state index in [-0.39, 0.29) is 30.0 Å². The van der Waals surface area contributed by atoms with E-state index in [4.69, 9.17) is 27.9 Å². The Morgan fingerprint density at radius 3 is 2.57 bits per heavy atom. The summed E-state index contributed by atoms with van der Waals surface area (Å²) in [5.41, 5.74) is 3.86. The highest BCUT2D eigenvalue weighted by Crippen LogP contribution is 2.35. The molecule has 21 heavy (non-hydrogen) atoms. The summed E-state index contributed by atoms with van der Waals surface area (Å²) in [6.45, 7) is 3.23. The first-order valence-electron chi connectivity index (χ1n) is 6.36. The molecule has 1 N–H and O–H groups in total. The zero-order chi connectivity index (χ0) is 15.6. The van der Waals surface area contributed by atoms with Crippen LogP contribution >= 0.6 is 23.2 Å². The van der Waals surface area contributed by atoms with Crippen LogP contribution in [0.2, 0.25) is 10.0 Å². The zero-order valence-electron chi connectivity index (χ0n) is 11.6. The van der Waals surface area contributed by atoms with Gasteiger partial charge in [0.25, 0.3) is 0 Å². The van der Waals surface area contributed by atoms with Gasteiger partial charge in [0.05, 0.1) is 15.8 Å². The molecule has 1 unspecified atom stereocenters. The lowest BCUT2D eigenvalue weighted by Gasteiger charge is -2.20. The zero-order valence-corrected chi connectivity index (χ0v) is 13.1. The molecule has 2 rings (SSSR count). The predicted octanol–water partition coefficient (Wildman–Crippen LogP) is 2.82. The first-order chi connectivity index (χ1) is 9.88. The van der Waals surface area contributed by atoms with E-state index in [9.17, 15) is 9.59 Å². The summed E-state index contributed by atoms with van der Waals surface area (Å²) >= 11 is 12.3. The fraction of sp³-hybridized carbons (Fsp3) is 0.357. The molecule has 0 saturated carbocycles. The van der Waals surface area contributed by atoms with Crippen molar-refractivity contribution >= 4 is 40.6 Å². The number of ketones is 1. The third-order valence-corrected chi connectivity index (χ3v) is 3.53. The number of Topliss-reactive ketones (excluding diaryl/α,β-unsaturated/α-hetero) is 1. The standard InChI is InChI=1S/C14H14Cl2N2O3/c1-7-3-12(20)17-18-13(7)9-4-10(15)14(11(16)5-9)21-6-8(2)19/h4-5,7H,3,6H2,1-2H3,(H,17,20). The Labute approximate surface area is 132 Å². The van der Waals surface area contributed by atoms with Crippen LogP contribution in [0.1, 0.15) is 25.8 Å². The molecule has 5 nitrogen and oxygen atoms in total. The van der Waals surface area contributed by atoms with Gasteiger partial charge < -0.3 is 4.74 Å². The quantitative estimate of drug-likeness (QED) is 0.924. The maximum absolute atomic E-state index is 11.3. The summed E-state index contributed by atoms with van der Waals surface area (Å²) in [7, 11) is 0. The van der Waals surface area contributed by atoms with E-state index in [1.54, 1.807) is 12.1 Å². The highest BCUT2D eigenvalue weighted by molar-refractivity contribution is 6.37. The number of halogens is 2. The van der Waals surface area contributed by atoms with Gasteiger partial charge in [-0.1, -0.05) is 30.1 Å². The summed E-state index contributed by atoms with van der Waals surface area (Å²) < 4.78 is 5.29. The largest absolute Gasteiger partial charge is 0.483 e. The second kappa shape index (κ2) is 6.45. The molecule has 1 atom stereocenters. The van der Waals surface area contributed by atoms with Crippen LogP contribution in [0.15, 0.2) is 17.2 Å². The van der Waals surface area contributed by atoms with Gasteiger partial charge in [-0.15, -0.1) is 0 Å². The topological polar surface area (TPSA) is 67.8 Å². The molecule has 1 heterocycles. The summed E-state index contributed by atoms with van der Waals surface area (Å²) in [6, 6.07) is 3.32. The Bertz CT molecular complexity index is 606. The van der Waals surface area contributed by atoms with E-state index in [1.165, 1.54) is 6.92 Å². The van der Waals surface area contributed by atoms with Crippen molar-refractivity contribution in [2.75, 3.05) is 6.61 Å². The first kappa shape index (κ1) is 15.8. The Kier molecular flexibility index (Phi) is 4.85. The van der Waals surface area contributed by atoms with Crippen molar-refractivity contribution in [3.63, 3.8) is 0 Å². The molecular weight excluding hydrogens is 315 g/mol. The molecule has 0 spiro atoms.